The summed E-state index contributed by atoms with van der Waals surface area (Å²) in [7, 11) is 2.59. The van der Waals surface area contributed by atoms with Crippen molar-refractivity contribution in [3.05, 3.63) is 99.5 Å². The molecular weight excluding hydrogens is 857 g/mol. The normalized spacial score (nSPS) is 22.5. The number of methoxy groups -OCH3 is 2. The summed E-state index contributed by atoms with van der Waals surface area (Å²) in [6, 6.07) is 15.6. The zero-order valence-corrected chi connectivity index (χ0v) is 39.0. The SMILES string of the molecule is COC(=O)C[C@H](C(=O)N1CCC[C@H]1C1=NC=C(c2ccc3c(c2)C(F)(F)c2cc(-c4ccc5c(=O)cc([C@@H]6C[C@@H]7CCCC[C@@H]7N6C(=O)[C@@H](NC(=O)OC)C(C)C)[nH]c5c4)ccc2-3)C1)C(C)C. The van der Waals surface area contributed by atoms with Crippen LogP contribution in [0.15, 0.2) is 76.7 Å². The van der Waals surface area contributed by atoms with Gasteiger partial charge in [-0.15, -0.1) is 0 Å². The van der Waals surface area contributed by atoms with Crippen molar-refractivity contribution >= 4 is 46.1 Å². The van der Waals surface area contributed by atoms with E-state index in [1.807, 2.05) is 55.7 Å². The number of nitrogens with one attached hydrogen (secondary N) is 2. The molecular formula is C53H59F2N5O7. The Morgan fingerprint density at radius 2 is 1.51 bits per heavy atom. The fraction of sp³-hybridized carbons (Fsp3) is 0.472. The van der Waals surface area contributed by atoms with Crippen molar-refractivity contribution in [2.75, 3.05) is 20.8 Å². The Balaban J connectivity index is 0.959. The third kappa shape index (κ3) is 8.34. The van der Waals surface area contributed by atoms with Crippen LogP contribution >= 0.6 is 0 Å². The molecule has 0 unspecified atom stereocenters. The van der Waals surface area contributed by atoms with Crippen molar-refractivity contribution in [3.63, 3.8) is 0 Å². The number of H-pyrrole nitrogens is 1. The molecule has 6 atom stereocenters. The molecule has 3 aromatic carbocycles. The van der Waals surface area contributed by atoms with E-state index in [0.29, 0.717) is 63.8 Å². The first-order chi connectivity index (χ1) is 32.1. The van der Waals surface area contributed by atoms with Gasteiger partial charge in [0.15, 0.2) is 5.43 Å². The second kappa shape index (κ2) is 18.1. The van der Waals surface area contributed by atoms with Crippen molar-refractivity contribution in [2.24, 2.45) is 28.7 Å². The third-order valence-corrected chi connectivity index (χ3v) is 15.1. The standard InChI is InChI=1S/C53H59F2N5O7/c1-28(2)38(25-48(62)66-5)50(63)59-19-9-12-45(59)42-23-34(27-56-42)31-14-17-36-35-16-13-30(20-39(35)53(54,55)40(36)21-31)32-15-18-37-41(22-32)57-43(26-47(37)61)46-24-33-10-7-8-11-44(33)60(46)51(64)49(29(3)4)58-52(65)67-6/h13-18,20-22,26-29,33,38,44-46,49H,7-12,19,23-25H2,1-6H3,(H,57,61)(H,58,65)/t33-,38-,44-,45-,46-,49-/m0/s1. The monoisotopic (exact) mass is 915 g/mol. The molecule has 352 valence electrons. The number of aromatic nitrogens is 1. The number of likely N-dealkylation sites (tertiary alicyclic amines) is 2. The summed E-state index contributed by atoms with van der Waals surface area (Å²) < 4.78 is 43.2. The van der Waals surface area contributed by atoms with E-state index in [-0.39, 0.29) is 64.6 Å². The van der Waals surface area contributed by atoms with E-state index in [0.717, 1.165) is 49.8 Å². The first-order valence-corrected chi connectivity index (χ1v) is 23.7. The number of carbonyl (C=O) groups excluding carboxylic acids is 4. The number of ether oxygens (including phenoxy) is 2. The van der Waals surface area contributed by atoms with Crippen LogP contribution in [0.5, 0.6) is 0 Å². The maximum Gasteiger partial charge on any atom is 0.407 e. The van der Waals surface area contributed by atoms with Gasteiger partial charge in [-0.25, -0.2) is 4.79 Å². The molecule has 0 spiro atoms. The van der Waals surface area contributed by atoms with Crippen LogP contribution in [0.25, 0.3) is 38.7 Å². The number of benzene rings is 3. The second-order valence-corrected chi connectivity index (χ2v) is 19.7. The predicted molar refractivity (Wildman–Crippen MR) is 252 cm³/mol. The average Bonchev–Trinajstić information content (AvgIpc) is 4.13. The Labute approximate surface area is 389 Å². The van der Waals surface area contributed by atoms with Crippen molar-refractivity contribution in [1.29, 1.82) is 0 Å². The number of pyridine rings is 1. The molecule has 0 radical (unpaired) electrons. The highest BCUT2D eigenvalue weighted by atomic mass is 19.3. The van der Waals surface area contributed by atoms with E-state index < -0.39 is 36.0 Å². The van der Waals surface area contributed by atoms with Crippen LogP contribution in [0.2, 0.25) is 0 Å². The highest BCUT2D eigenvalue weighted by Crippen LogP contribution is 2.53. The lowest BCUT2D eigenvalue weighted by Crippen LogP contribution is -2.53. The Hall–Kier alpha value is -6.18. The fourth-order valence-corrected chi connectivity index (χ4v) is 11.4. The Morgan fingerprint density at radius 1 is 0.821 bits per heavy atom. The molecule has 2 N–H and O–H groups in total. The van der Waals surface area contributed by atoms with E-state index in [4.69, 9.17) is 14.5 Å². The molecule has 4 heterocycles. The highest BCUT2D eigenvalue weighted by Gasteiger charge is 2.48. The van der Waals surface area contributed by atoms with E-state index >= 15 is 8.78 Å². The first kappa shape index (κ1) is 46.0. The van der Waals surface area contributed by atoms with Crippen LogP contribution in [0.4, 0.5) is 13.6 Å². The summed E-state index contributed by atoms with van der Waals surface area (Å²) >= 11 is 0. The van der Waals surface area contributed by atoms with Gasteiger partial charge < -0.3 is 29.6 Å². The number of allylic oxidation sites excluding steroid dienone is 1. The predicted octanol–water partition coefficient (Wildman–Crippen LogP) is 9.54. The minimum absolute atomic E-state index is 0.00755. The summed E-state index contributed by atoms with van der Waals surface area (Å²) in [5.41, 5.74) is 5.10. The number of hydrogen-bond acceptors (Lipinski definition) is 8. The number of amides is 3. The molecule has 1 saturated carbocycles. The van der Waals surface area contributed by atoms with Crippen LogP contribution in [-0.2, 0) is 29.8 Å². The molecule has 67 heavy (non-hydrogen) atoms. The summed E-state index contributed by atoms with van der Waals surface area (Å²) in [6.45, 7) is 8.16. The largest absolute Gasteiger partial charge is 0.469 e. The second-order valence-electron chi connectivity index (χ2n) is 19.7. The molecule has 2 saturated heterocycles. The molecule has 3 amide bonds. The van der Waals surface area contributed by atoms with E-state index in [2.05, 4.69) is 10.3 Å². The average molecular weight is 916 g/mol. The van der Waals surface area contributed by atoms with Crippen molar-refractivity contribution < 1.29 is 37.4 Å². The van der Waals surface area contributed by atoms with Crippen molar-refractivity contribution in [2.45, 2.75) is 116 Å². The summed E-state index contributed by atoms with van der Waals surface area (Å²) in [5.74, 6) is -4.57. The Bertz CT molecular complexity index is 2780. The minimum Gasteiger partial charge on any atom is -0.469 e. The maximum atomic E-state index is 16.7. The van der Waals surface area contributed by atoms with Crippen molar-refractivity contribution in [1.82, 2.24) is 20.1 Å². The van der Waals surface area contributed by atoms with Gasteiger partial charge in [-0.3, -0.25) is 24.2 Å². The molecule has 12 nitrogen and oxygen atoms in total. The number of esters is 1. The number of hydrogen-bond donors (Lipinski definition) is 2. The number of nitrogens with zero attached hydrogens (tertiary/aromatic N) is 3. The van der Waals surface area contributed by atoms with Crippen LogP contribution in [0.3, 0.4) is 0 Å². The van der Waals surface area contributed by atoms with Crippen LogP contribution in [0, 0.1) is 23.7 Å². The molecule has 14 heteroatoms. The number of carbonyl (C=O) groups is 4. The summed E-state index contributed by atoms with van der Waals surface area (Å²) in [5, 5.41) is 3.18. The Morgan fingerprint density at radius 3 is 2.21 bits per heavy atom. The molecule has 0 bridgehead atoms. The van der Waals surface area contributed by atoms with Gasteiger partial charge in [0.05, 0.1) is 44.2 Å². The molecule has 4 aromatic rings. The van der Waals surface area contributed by atoms with Crippen LogP contribution in [0.1, 0.15) is 114 Å². The number of alkyl halides is 2. The van der Waals surface area contributed by atoms with Gasteiger partial charge in [0.1, 0.15) is 6.04 Å². The minimum atomic E-state index is -3.30. The van der Waals surface area contributed by atoms with Crippen LogP contribution < -0.4 is 10.7 Å². The number of rotatable bonds is 11. The van der Waals surface area contributed by atoms with E-state index in [9.17, 15) is 24.0 Å². The van der Waals surface area contributed by atoms with E-state index in [1.54, 1.807) is 42.6 Å². The topological polar surface area (TPSA) is 150 Å². The van der Waals surface area contributed by atoms with Gasteiger partial charge >= 0.3 is 12.1 Å². The number of aliphatic imine (C=N–C) groups is 1. The smallest absolute Gasteiger partial charge is 0.407 e. The van der Waals surface area contributed by atoms with Gasteiger partial charge in [-0.1, -0.05) is 70.9 Å². The molecule has 9 rings (SSSR count). The Kier molecular flexibility index (Phi) is 12.4. The van der Waals surface area contributed by atoms with Gasteiger partial charge in [-0.05, 0) is 108 Å². The molecule has 3 aliphatic heterocycles. The number of halogens is 2. The highest BCUT2D eigenvalue weighted by molar-refractivity contribution is 6.04. The quantitative estimate of drug-likeness (QED) is 0.142. The zero-order valence-electron chi connectivity index (χ0n) is 39.0. The number of fused-ring (bicyclic) bond motifs is 5. The lowest BCUT2D eigenvalue weighted by Gasteiger charge is -2.37. The van der Waals surface area contributed by atoms with Gasteiger partial charge in [0.25, 0.3) is 5.92 Å². The third-order valence-electron chi connectivity index (χ3n) is 15.1. The summed E-state index contributed by atoms with van der Waals surface area (Å²) in [4.78, 5) is 78.4. The number of aromatic amines is 1. The first-order valence-electron chi connectivity index (χ1n) is 23.7. The van der Waals surface area contributed by atoms with Crippen LogP contribution in [-0.4, -0.2) is 83.3 Å². The lowest BCUT2D eigenvalue weighted by molar-refractivity contribution is -0.148. The summed E-state index contributed by atoms with van der Waals surface area (Å²) in [6.07, 6.45) is 7.53. The van der Waals surface area contributed by atoms with E-state index in [1.165, 1.54) is 20.3 Å². The van der Waals surface area contributed by atoms with Crippen molar-refractivity contribution in [3.8, 4) is 22.3 Å². The van der Waals surface area contributed by atoms with Gasteiger partial charge in [0.2, 0.25) is 11.8 Å². The van der Waals surface area contributed by atoms with Gasteiger partial charge in [-0.2, -0.15) is 8.78 Å². The molecule has 1 aromatic heterocycles. The fourth-order valence-electron chi connectivity index (χ4n) is 11.4. The zero-order chi connectivity index (χ0) is 47.5. The number of alkyl carbamates (subject to hydrolysis) is 1. The molecule has 5 aliphatic rings. The maximum absolute atomic E-state index is 16.7. The lowest BCUT2D eigenvalue weighted by atomic mass is 9.84. The molecule has 2 aliphatic carbocycles. The van der Waals surface area contributed by atoms with Gasteiger partial charge in [0, 0.05) is 59.2 Å². The molecule has 3 fully saturated rings.